The van der Waals surface area contributed by atoms with Crippen molar-refractivity contribution in [1.82, 2.24) is 29.3 Å². The number of benzene rings is 2. The third kappa shape index (κ3) is 6.76. The van der Waals surface area contributed by atoms with E-state index in [1.807, 2.05) is 0 Å². The van der Waals surface area contributed by atoms with Gasteiger partial charge in [0.2, 0.25) is 0 Å². The van der Waals surface area contributed by atoms with Crippen LogP contribution >= 0.6 is 0 Å². The molecule has 1 aliphatic rings. The molecule has 1 saturated heterocycles. The van der Waals surface area contributed by atoms with E-state index in [0.717, 1.165) is 36.2 Å². The molecular formula is C36H26F4N6O4. The van der Waals surface area contributed by atoms with Crippen LogP contribution in [0.25, 0.3) is 22.3 Å². The third-order valence-electron chi connectivity index (χ3n) is 8.13. The SMILES string of the molecule is Cn1cc(C#Cc2ccc(COc3nc(-c4cc(F)c(Cc5nc6c(F)cc(C(=O)O)cc6n5CC5CCO5)cc4F)ccc3F)cn2)cn1. The first-order chi connectivity index (χ1) is 24.1. The minimum absolute atomic E-state index is 0.0684. The van der Waals surface area contributed by atoms with Crippen molar-refractivity contribution in [2.45, 2.75) is 32.1 Å². The number of carboxylic acids is 1. The van der Waals surface area contributed by atoms with Gasteiger partial charge in [0, 0.05) is 43.6 Å². The summed E-state index contributed by atoms with van der Waals surface area (Å²) in [5.41, 5.74) is 1.29. The molecular weight excluding hydrogens is 656 g/mol. The number of carboxylic acid groups (broad SMARTS) is 1. The summed E-state index contributed by atoms with van der Waals surface area (Å²) in [6, 6.07) is 9.72. The fraction of sp³-hybridized carbons (Fsp3) is 0.194. The Morgan fingerprint density at radius 1 is 1.00 bits per heavy atom. The van der Waals surface area contributed by atoms with Crippen molar-refractivity contribution in [3.8, 4) is 29.0 Å². The van der Waals surface area contributed by atoms with Gasteiger partial charge in [-0.05, 0) is 60.4 Å². The number of aromatic nitrogens is 6. The van der Waals surface area contributed by atoms with E-state index in [9.17, 15) is 18.7 Å². The molecule has 252 valence electrons. The van der Waals surface area contributed by atoms with Crippen molar-refractivity contribution in [2.24, 2.45) is 7.05 Å². The summed E-state index contributed by atoms with van der Waals surface area (Å²) in [5.74, 6) is 1.04. The van der Waals surface area contributed by atoms with Gasteiger partial charge in [-0.3, -0.25) is 4.68 Å². The molecule has 14 heteroatoms. The highest BCUT2D eigenvalue weighted by atomic mass is 19.1. The number of aromatic carboxylic acids is 1. The zero-order valence-electron chi connectivity index (χ0n) is 26.3. The number of rotatable bonds is 9. The maximum Gasteiger partial charge on any atom is 0.335 e. The monoisotopic (exact) mass is 682 g/mol. The van der Waals surface area contributed by atoms with Gasteiger partial charge in [-0.25, -0.2) is 37.3 Å². The number of carbonyl (C=O) groups is 1. The van der Waals surface area contributed by atoms with Gasteiger partial charge in [0.05, 0.1) is 41.2 Å². The van der Waals surface area contributed by atoms with Gasteiger partial charge in [-0.2, -0.15) is 5.10 Å². The number of hydrogen-bond acceptors (Lipinski definition) is 7. The van der Waals surface area contributed by atoms with E-state index in [1.54, 1.807) is 40.8 Å². The van der Waals surface area contributed by atoms with Crippen LogP contribution in [0.2, 0.25) is 0 Å². The van der Waals surface area contributed by atoms with Crippen LogP contribution in [0.1, 0.15) is 45.0 Å². The molecule has 0 aliphatic carbocycles. The Morgan fingerprint density at radius 3 is 2.54 bits per heavy atom. The molecule has 1 N–H and O–H groups in total. The quantitative estimate of drug-likeness (QED) is 0.149. The molecule has 4 aromatic heterocycles. The summed E-state index contributed by atoms with van der Waals surface area (Å²) in [6.07, 6.45) is 5.19. The summed E-state index contributed by atoms with van der Waals surface area (Å²) < 4.78 is 75.0. The normalized spacial score (nSPS) is 13.9. The van der Waals surface area contributed by atoms with Gasteiger partial charge >= 0.3 is 5.97 Å². The maximum absolute atomic E-state index is 15.6. The second kappa shape index (κ2) is 13.4. The summed E-state index contributed by atoms with van der Waals surface area (Å²) in [4.78, 5) is 24.3. The van der Waals surface area contributed by atoms with Gasteiger partial charge in [0.1, 0.15) is 35.3 Å². The molecule has 6 aromatic rings. The Labute approximate surface area is 282 Å². The predicted molar refractivity (Wildman–Crippen MR) is 171 cm³/mol. The molecule has 1 aliphatic heterocycles. The summed E-state index contributed by atoms with van der Waals surface area (Å²) in [7, 11) is 1.79. The zero-order chi connectivity index (χ0) is 34.9. The molecule has 1 fully saturated rings. The molecule has 0 spiro atoms. The predicted octanol–water partition coefficient (Wildman–Crippen LogP) is 5.84. The van der Waals surface area contributed by atoms with E-state index in [4.69, 9.17) is 9.47 Å². The third-order valence-corrected chi connectivity index (χ3v) is 8.13. The number of pyridine rings is 2. The molecule has 0 amide bonds. The molecule has 5 heterocycles. The number of halogens is 4. The van der Waals surface area contributed by atoms with E-state index < -0.39 is 35.1 Å². The average molecular weight is 683 g/mol. The van der Waals surface area contributed by atoms with E-state index in [0.29, 0.717) is 17.9 Å². The van der Waals surface area contributed by atoms with Gasteiger partial charge in [0.25, 0.3) is 5.88 Å². The van der Waals surface area contributed by atoms with E-state index >= 15 is 8.78 Å². The van der Waals surface area contributed by atoms with Crippen LogP contribution in [-0.2, 0) is 31.4 Å². The Hall–Kier alpha value is -6.07. The standard InChI is InChI=1S/C36H26F4N6O4/c1-45-17-20(16-42-45)2-4-24-5-3-21(15-41-24)19-50-35-27(37)6-7-31(43-35)26-14-28(38)22(10-29(26)39)13-33-44-34-30(40)11-23(36(47)48)12-32(34)46(33)18-25-8-9-49-25/h3,5-7,10-12,14-17,25H,8-9,13,18-19H2,1H3,(H,47,48). The van der Waals surface area contributed by atoms with Crippen LogP contribution in [0.5, 0.6) is 5.88 Å². The van der Waals surface area contributed by atoms with E-state index in [1.165, 1.54) is 18.3 Å². The number of fused-ring (bicyclic) bond motifs is 1. The second-order valence-corrected chi connectivity index (χ2v) is 11.6. The number of nitrogens with zero attached hydrogens (tertiary/aromatic N) is 6. The van der Waals surface area contributed by atoms with E-state index in [-0.39, 0.29) is 64.9 Å². The van der Waals surface area contributed by atoms with Gasteiger partial charge < -0.3 is 19.1 Å². The second-order valence-electron chi connectivity index (χ2n) is 11.6. The first-order valence-electron chi connectivity index (χ1n) is 15.4. The number of ether oxygens (including phenoxy) is 2. The molecule has 1 atom stereocenters. The van der Waals surface area contributed by atoms with Crippen molar-refractivity contribution in [2.75, 3.05) is 6.61 Å². The zero-order valence-corrected chi connectivity index (χ0v) is 26.3. The fourth-order valence-electron chi connectivity index (χ4n) is 5.45. The molecule has 1 unspecified atom stereocenters. The van der Waals surface area contributed by atoms with Crippen LogP contribution in [-0.4, -0.2) is 53.1 Å². The lowest BCUT2D eigenvalue weighted by molar-refractivity contribution is -0.0589. The topological polar surface area (TPSA) is 117 Å². The lowest BCUT2D eigenvalue weighted by Gasteiger charge is -2.27. The Balaban J connectivity index is 1.10. The van der Waals surface area contributed by atoms with Crippen LogP contribution in [0, 0.1) is 35.1 Å². The Bertz CT molecular complexity index is 2320. The number of imidazole rings is 1. The molecule has 10 nitrogen and oxygen atoms in total. The molecule has 2 aromatic carbocycles. The lowest BCUT2D eigenvalue weighted by Crippen LogP contribution is -2.31. The maximum atomic E-state index is 15.6. The van der Waals surface area contributed by atoms with Gasteiger partial charge in [-0.15, -0.1) is 0 Å². The highest BCUT2D eigenvalue weighted by molar-refractivity contribution is 5.92. The summed E-state index contributed by atoms with van der Waals surface area (Å²) >= 11 is 0. The molecule has 0 radical (unpaired) electrons. The van der Waals surface area contributed by atoms with Crippen LogP contribution < -0.4 is 4.74 Å². The molecule has 0 bridgehead atoms. The first kappa shape index (κ1) is 32.5. The highest BCUT2D eigenvalue weighted by Gasteiger charge is 2.25. The van der Waals surface area contributed by atoms with Crippen molar-refractivity contribution in [3.63, 3.8) is 0 Å². The lowest BCUT2D eigenvalue weighted by atomic mass is 10.0. The number of aryl methyl sites for hydroxylation is 1. The van der Waals surface area contributed by atoms with E-state index in [2.05, 4.69) is 31.9 Å². The van der Waals surface area contributed by atoms with Crippen LogP contribution in [0.4, 0.5) is 17.6 Å². The molecule has 0 saturated carbocycles. The smallest absolute Gasteiger partial charge is 0.335 e. The highest BCUT2D eigenvalue weighted by Crippen LogP contribution is 2.30. The van der Waals surface area contributed by atoms with Crippen LogP contribution in [0.15, 0.2) is 67.1 Å². The summed E-state index contributed by atoms with van der Waals surface area (Å²) in [5, 5.41) is 13.5. The van der Waals surface area contributed by atoms with Crippen molar-refractivity contribution in [1.29, 1.82) is 0 Å². The minimum atomic E-state index is -1.32. The fourth-order valence-corrected chi connectivity index (χ4v) is 5.45. The van der Waals surface area contributed by atoms with Gasteiger partial charge in [-0.1, -0.05) is 12.0 Å². The van der Waals surface area contributed by atoms with Crippen molar-refractivity contribution >= 4 is 17.0 Å². The Kier molecular flexibility index (Phi) is 8.73. The van der Waals surface area contributed by atoms with Crippen molar-refractivity contribution in [3.05, 3.63) is 124 Å². The van der Waals surface area contributed by atoms with Gasteiger partial charge in [0.15, 0.2) is 11.6 Å². The molecule has 7 rings (SSSR count). The number of hydrogen-bond donors (Lipinski definition) is 1. The first-order valence-corrected chi connectivity index (χ1v) is 15.4. The molecule has 50 heavy (non-hydrogen) atoms. The van der Waals surface area contributed by atoms with Crippen molar-refractivity contribution < 1.29 is 36.9 Å². The summed E-state index contributed by atoms with van der Waals surface area (Å²) in [6.45, 7) is 0.661. The van der Waals surface area contributed by atoms with Crippen LogP contribution in [0.3, 0.4) is 0 Å². The Morgan fingerprint density at radius 2 is 1.84 bits per heavy atom. The average Bonchev–Trinajstić information content (AvgIpc) is 3.66. The minimum Gasteiger partial charge on any atom is -0.478 e. The largest absolute Gasteiger partial charge is 0.478 e.